The van der Waals surface area contributed by atoms with Crippen molar-refractivity contribution >= 4 is 16.9 Å². The first-order chi connectivity index (χ1) is 13.1. The second-order valence-corrected chi connectivity index (χ2v) is 6.32. The molecule has 1 amide bonds. The molecule has 136 valence electrons. The molecule has 1 atom stereocenters. The van der Waals surface area contributed by atoms with Crippen LogP contribution in [0.25, 0.3) is 11.0 Å². The minimum atomic E-state index is -0.827. The summed E-state index contributed by atoms with van der Waals surface area (Å²) in [7, 11) is 0. The van der Waals surface area contributed by atoms with Crippen LogP contribution in [0.5, 0.6) is 0 Å². The van der Waals surface area contributed by atoms with Gasteiger partial charge in [0, 0.05) is 25.6 Å². The minimum absolute atomic E-state index is 0.0360. The number of aryl methyl sites for hydroxylation is 1. The molecular formula is C18H14FN5O3. The predicted octanol–water partition coefficient (Wildman–Crippen LogP) is 2.77. The van der Waals surface area contributed by atoms with Crippen molar-refractivity contribution in [2.24, 2.45) is 0 Å². The zero-order valence-corrected chi connectivity index (χ0v) is 14.3. The van der Waals surface area contributed by atoms with Gasteiger partial charge in [0.2, 0.25) is 5.89 Å². The van der Waals surface area contributed by atoms with Crippen molar-refractivity contribution in [3.05, 3.63) is 65.3 Å². The van der Waals surface area contributed by atoms with Crippen LogP contribution < -0.4 is 0 Å². The molecule has 0 saturated heterocycles. The summed E-state index contributed by atoms with van der Waals surface area (Å²) < 4.78 is 26.2. The first kappa shape index (κ1) is 15.7. The van der Waals surface area contributed by atoms with E-state index >= 15 is 4.39 Å². The maximum Gasteiger partial charge on any atom is 0.312 e. The summed E-state index contributed by atoms with van der Waals surface area (Å²) >= 11 is 0. The number of aromatic nitrogens is 4. The number of hydrogen-bond donors (Lipinski definition) is 1. The smallest absolute Gasteiger partial charge is 0.312 e. The molecule has 1 N–H and O–H groups in total. The Morgan fingerprint density at radius 3 is 2.93 bits per heavy atom. The van der Waals surface area contributed by atoms with Gasteiger partial charge in [-0.2, -0.15) is 0 Å². The second kappa shape index (κ2) is 5.76. The molecule has 0 aliphatic carbocycles. The molecule has 4 aromatic rings. The lowest BCUT2D eigenvalue weighted by Gasteiger charge is -2.32. The number of fused-ring (bicyclic) bond motifs is 2. The molecule has 1 aromatic carbocycles. The molecule has 0 bridgehead atoms. The van der Waals surface area contributed by atoms with Gasteiger partial charge in [-0.15, -0.1) is 10.2 Å². The standard InChI is InChI=1S/C18H14FN5O3/c1-9-22-23-17(26-9)18(25)24-7-6-11-14(21-8-20-11)15(24)16-13(19)10-4-2-3-5-12(10)27-16/h2-5,8,15H,6-7H2,1H3,(H,20,21)/t15-/m0/s1. The fraction of sp³-hybridized carbons (Fsp3) is 0.222. The SMILES string of the molecule is Cc1nnc(C(=O)N2CCc3[nH]cnc3[C@H]2c2oc3ccccc3c2F)o1. The molecule has 9 heteroatoms. The summed E-state index contributed by atoms with van der Waals surface area (Å²) in [6.07, 6.45) is 2.08. The Labute approximate surface area is 152 Å². The summed E-state index contributed by atoms with van der Waals surface area (Å²) in [5.41, 5.74) is 1.79. The van der Waals surface area contributed by atoms with E-state index in [1.165, 1.54) is 11.2 Å². The molecular weight excluding hydrogens is 353 g/mol. The second-order valence-electron chi connectivity index (χ2n) is 6.32. The van der Waals surface area contributed by atoms with Crippen molar-refractivity contribution in [2.45, 2.75) is 19.4 Å². The average molecular weight is 367 g/mol. The van der Waals surface area contributed by atoms with Crippen LogP contribution in [0.4, 0.5) is 4.39 Å². The Morgan fingerprint density at radius 1 is 1.30 bits per heavy atom. The number of H-pyrrole nitrogens is 1. The molecule has 0 spiro atoms. The number of nitrogens with zero attached hydrogens (tertiary/aromatic N) is 4. The van der Waals surface area contributed by atoms with Crippen LogP contribution in [-0.2, 0) is 6.42 Å². The average Bonchev–Trinajstić information content (AvgIpc) is 3.39. The topological polar surface area (TPSA) is 101 Å². The van der Waals surface area contributed by atoms with E-state index in [4.69, 9.17) is 8.83 Å². The predicted molar refractivity (Wildman–Crippen MR) is 90.4 cm³/mol. The summed E-state index contributed by atoms with van der Waals surface area (Å²) in [6.45, 7) is 1.93. The summed E-state index contributed by atoms with van der Waals surface area (Å²) in [4.78, 5) is 21.8. The van der Waals surface area contributed by atoms with Gasteiger partial charge in [0.25, 0.3) is 0 Å². The van der Waals surface area contributed by atoms with Crippen LogP contribution in [0.3, 0.4) is 0 Å². The number of imidazole rings is 1. The van der Waals surface area contributed by atoms with Crippen molar-refractivity contribution in [1.29, 1.82) is 0 Å². The molecule has 0 saturated carbocycles. The Hall–Kier alpha value is -3.49. The quantitative estimate of drug-likeness (QED) is 0.585. The molecule has 8 nitrogen and oxygen atoms in total. The number of amides is 1. The van der Waals surface area contributed by atoms with E-state index in [0.29, 0.717) is 29.6 Å². The summed E-state index contributed by atoms with van der Waals surface area (Å²) in [5.74, 6) is -0.829. The molecule has 0 radical (unpaired) electrons. The Bertz CT molecular complexity index is 1160. The highest BCUT2D eigenvalue weighted by Crippen LogP contribution is 2.39. The van der Waals surface area contributed by atoms with Gasteiger partial charge < -0.3 is 18.7 Å². The van der Waals surface area contributed by atoms with Crippen LogP contribution in [0.1, 0.15) is 39.8 Å². The normalized spacial score (nSPS) is 16.7. The first-order valence-corrected chi connectivity index (χ1v) is 8.43. The van der Waals surface area contributed by atoms with Crippen molar-refractivity contribution in [1.82, 2.24) is 25.1 Å². The summed E-state index contributed by atoms with van der Waals surface area (Å²) in [5, 5.41) is 7.86. The van der Waals surface area contributed by atoms with Gasteiger partial charge in [-0.25, -0.2) is 9.37 Å². The zero-order valence-electron chi connectivity index (χ0n) is 14.3. The van der Waals surface area contributed by atoms with E-state index in [9.17, 15) is 4.79 Å². The van der Waals surface area contributed by atoms with Gasteiger partial charge in [0.15, 0.2) is 11.6 Å². The Balaban J connectivity index is 1.67. The lowest BCUT2D eigenvalue weighted by Crippen LogP contribution is -2.41. The molecule has 27 heavy (non-hydrogen) atoms. The molecule has 0 unspecified atom stereocenters. The fourth-order valence-corrected chi connectivity index (χ4v) is 3.48. The van der Waals surface area contributed by atoms with Gasteiger partial charge in [-0.1, -0.05) is 12.1 Å². The third-order valence-corrected chi connectivity index (χ3v) is 4.70. The number of carbonyl (C=O) groups is 1. The summed E-state index contributed by atoms with van der Waals surface area (Å²) in [6, 6.07) is 5.99. The van der Waals surface area contributed by atoms with E-state index in [2.05, 4.69) is 20.2 Å². The monoisotopic (exact) mass is 367 g/mol. The lowest BCUT2D eigenvalue weighted by atomic mass is 9.99. The largest absolute Gasteiger partial charge is 0.455 e. The van der Waals surface area contributed by atoms with Crippen LogP contribution >= 0.6 is 0 Å². The number of aromatic amines is 1. The highest BCUT2D eigenvalue weighted by molar-refractivity contribution is 5.90. The number of furan rings is 1. The molecule has 4 heterocycles. The first-order valence-electron chi connectivity index (χ1n) is 8.43. The van der Waals surface area contributed by atoms with Crippen molar-refractivity contribution < 1.29 is 18.0 Å². The van der Waals surface area contributed by atoms with Crippen molar-refractivity contribution in [2.75, 3.05) is 6.54 Å². The van der Waals surface area contributed by atoms with E-state index in [1.54, 1.807) is 31.2 Å². The van der Waals surface area contributed by atoms with Crippen molar-refractivity contribution in [3.63, 3.8) is 0 Å². The number of carbonyl (C=O) groups excluding carboxylic acids is 1. The van der Waals surface area contributed by atoms with Gasteiger partial charge in [-0.3, -0.25) is 4.79 Å². The van der Waals surface area contributed by atoms with E-state index in [-0.39, 0.29) is 17.5 Å². The number of benzene rings is 1. The lowest BCUT2D eigenvalue weighted by molar-refractivity contribution is 0.0626. The maximum absolute atomic E-state index is 15.1. The van der Waals surface area contributed by atoms with Crippen LogP contribution in [-0.4, -0.2) is 37.5 Å². The molecule has 1 aliphatic rings. The Morgan fingerprint density at radius 2 is 2.15 bits per heavy atom. The van der Waals surface area contributed by atoms with E-state index < -0.39 is 17.8 Å². The molecule has 1 aliphatic heterocycles. The number of hydrogen-bond acceptors (Lipinski definition) is 6. The third-order valence-electron chi connectivity index (χ3n) is 4.70. The third kappa shape index (κ3) is 2.35. The number of para-hydroxylation sites is 1. The Kier molecular flexibility index (Phi) is 3.36. The molecule has 5 rings (SSSR count). The van der Waals surface area contributed by atoms with Gasteiger partial charge >= 0.3 is 11.8 Å². The highest BCUT2D eigenvalue weighted by atomic mass is 19.1. The van der Waals surface area contributed by atoms with Crippen LogP contribution in [0, 0.1) is 12.7 Å². The van der Waals surface area contributed by atoms with Gasteiger partial charge in [0.1, 0.15) is 11.6 Å². The van der Waals surface area contributed by atoms with Crippen molar-refractivity contribution in [3.8, 4) is 0 Å². The highest BCUT2D eigenvalue weighted by Gasteiger charge is 2.40. The van der Waals surface area contributed by atoms with E-state index in [0.717, 1.165) is 5.69 Å². The van der Waals surface area contributed by atoms with E-state index in [1.807, 2.05) is 0 Å². The maximum atomic E-state index is 15.1. The van der Waals surface area contributed by atoms with Gasteiger partial charge in [-0.05, 0) is 12.1 Å². The van der Waals surface area contributed by atoms with Crippen LogP contribution in [0.2, 0.25) is 0 Å². The van der Waals surface area contributed by atoms with Crippen LogP contribution in [0.15, 0.2) is 39.4 Å². The fourth-order valence-electron chi connectivity index (χ4n) is 3.48. The zero-order chi connectivity index (χ0) is 18.5. The number of rotatable bonds is 2. The van der Waals surface area contributed by atoms with Gasteiger partial charge in [0.05, 0.1) is 17.4 Å². The number of nitrogens with one attached hydrogen (secondary N) is 1. The molecule has 0 fully saturated rings. The number of halogens is 1. The molecule has 3 aromatic heterocycles. The minimum Gasteiger partial charge on any atom is -0.455 e.